The first-order chi connectivity index (χ1) is 23.6. The number of nitrogens with zero attached hydrogens (tertiary/aromatic N) is 6. The number of carbonyl (C=O) groups is 1. The number of nitrogens with two attached hydrogens (primary N) is 1. The van der Waals surface area contributed by atoms with E-state index in [1.165, 1.54) is 11.9 Å². The van der Waals surface area contributed by atoms with Crippen LogP contribution < -0.4 is 11.1 Å². The molecule has 4 N–H and O–H groups in total. The minimum absolute atomic E-state index is 0.0936. The molecule has 1 aliphatic heterocycles. The van der Waals surface area contributed by atoms with E-state index in [9.17, 15) is 4.79 Å². The number of aromatic nitrogens is 6. The molecular weight excluding hydrogens is 614 g/mol. The molecule has 0 fully saturated rings. The highest BCUT2D eigenvalue weighted by molar-refractivity contribution is 5.99. The molecule has 48 heavy (non-hydrogen) atoms. The van der Waals surface area contributed by atoms with Crippen LogP contribution in [-0.2, 0) is 43.3 Å². The van der Waals surface area contributed by atoms with Crippen LogP contribution >= 0.6 is 0 Å². The molecule has 6 rings (SSSR count). The molecule has 0 saturated carbocycles. The van der Waals surface area contributed by atoms with Crippen molar-refractivity contribution in [1.29, 1.82) is 0 Å². The lowest BCUT2D eigenvalue weighted by Gasteiger charge is -2.29. The Morgan fingerprint density at radius 3 is 2.50 bits per heavy atom. The van der Waals surface area contributed by atoms with Crippen LogP contribution in [0.15, 0.2) is 49.1 Å². The van der Waals surface area contributed by atoms with Gasteiger partial charge in [-0.05, 0) is 42.3 Å². The summed E-state index contributed by atoms with van der Waals surface area (Å²) in [5.74, 6) is 0.472. The molecule has 254 valence electrons. The third-order valence-corrected chi connectivity index (χ3v) is 8.27. The van der Waals surface area contributed by atoms with Gasteiger partial charge in [0.05, 0.1) is 71.2 Å². The third-order valence-electron chi connectivity index (χ3n) is 8.27. The number of hydrogen-bond donors (Lipinski definition) is 3. The molecule has 5 aromatic rings. The smallest absolute Gasteiger partial charge is 0.225 e. The zero-order chi connectivity index (χ0) is 33.1. The van der Waals surface area contributed by atoms with Gasteiger partial charge in [0.25, 0.3) is 0 Å². The van der Waals surface area contributed by atoms with E-state index in [0.29, 0.717) is 101 Å². The first kappa shape index (κ1) is 33.4. The quantitative estimate of drug-likeness (QED) is 0.119. The van der Waals surface area contributed by atoms with Crippen LogP contribution in [0.25, 0.3) is 33.3 Å². The Kier molecular flexibility index (Phi) is 11.5. The van der Waals surface area contributed by atoms with Crippen molar-refractivity contribution in [2.75, 3.05) is 78.7 Å². The Morgan fingerprint density at radius 1 is 0.938 bits per heavy atom. The number of likely N-dealkylation sites (N-methyl/N-ethyl adjacent to an activating group) is 1. The zero-order valence-corrected chi connectivity index (χ0v) is 27.3. The summed E-state index contributed by atoms with van der Waals surface area (Å²) in [5.41, 5.74) is 12.8. The SMILES string of the molecule is CNCCOCCOCCOCCOCCC(=O)N1CCc2cc(Cn3nc(-c4cnc5[nH]ccc5c4)c4c(N)ncnc43)ccc2C1. The second kappa shape index (κ2) is 16.6. The van der Waals surface area contributed by atoms with E-state index in [4.69, 9.17) is 29.8 Å². The summed E-state index contributed by atoms with van der Waals surface area (Å²) in [7, 11) is 1.89. The molecule has 4 aromatic heterocycles. The number of fused-ring (bicyclic) bond motifs is 3. The Labute approximate surface area is 278 Å². The summed E-state index contributed by atoms with van der Waals surface area (Å²) in [6.45, 7) is 6.70. The van der Waals surface area contributed by atoms with E-state index in [-0.39, 0.29) is 5.91 Å². The number of nitrogens with one attached hydrogen (secondary N) is 2. The van der Waals surface area contributed by atoms with Crippen molar-refractivity contribution in [1.82, 2.24) is 39.9 Å². The van der Waals surface area contributed by atoms with Gasteiger partial charge >= 0.3 is 0 Å². The van der Waals surface area contributed by atoms with Gasteiger partial charge in [0, 0.05) is 43.0 Å². The lowest BCUT2D eigenvalue weighted by molar-refractivity contribution is -0.133. The largest absolute Gasteiger partial charge is 0.383 e. The van der Waals surface area contributed by atoms with E-state index in [2.05, 4.69) is 43.5 Å². The van der Waals surface area contributed by atoms with E-state index < -0.39 is 0 Å². The van der Waals surface area contributed by atoms with Crippen LogP contribution in [0.2, 0.25) is 0 Å². The van der Waals surface area contributed by atoms with Gasteiger partial charge in [-0.15, -0.1) is 0 Å². The molecule has 0 bridgehead atoms. The Balaban J connectivity index is 0.961. The number of hydrogen-bond acceptors (Lipinski definition) is 11. The zero-order valence-electron chi connectivity index (χ0n) is 27.3. The average molecular weight is 658 g/mol. The summed E-state index contributed by atoms with van der Waals surface area (Å²) in [5, 5.41) is 9.65. The molecular formula is C34H43N9O5. The minimum Gasteiger partial charge on any atom is -0.383 e. The maximum atomic E-state index is 12.9. The van der Waals surface area contributed by atoms with Gasteiger partial charge in [-0.25, -0.2) is 19.6 Å². The maximum absolute atomic E-state index is 12.9. The summed E-state index contributed by atoms with van der Waals surface area (Å²) >= 11 is 0. The number of carbonyl (C=O) groups excluding carboxylic acids is 1. The number of ether oxygens (including phenoxy) is 4. The van der Waals surface area contributed by atoms with Gasteiger partial charge in [0.15, 0.2) is 5.65 Å². The highest BCUT2D eigenvalue weighted by atomic mass is 16.6. The molecule has 0 unspecified atom stereocenters. The predicted molar refractivity (Wildman–Crippen MR) is 181 cm³/mol. The monoisotopic (exact) mass is 657 g/mol. The molecule has 1 amide bonds. The molecule has 1 aromatic carbocycles. The molecule has 1 aliphatic rings. The third kappa shape index (κ3) is 8.32. The van der Waals surface area contributed by atoms with Crippen molar-refractivity contribution in [2.24, 2.45) is 0 Å². The summed E-state index contributed by atoms with van der Waals surface area (Å²) in [4.78, 5) is 31.2. The lowest BCUT2D eigenvalue weighted by atomic mass is 9.97. The molecule has 14 heteroatoms. The van der Waals surface area contributed by atoms with E-state index in [1.807, 2.05) is 35.0 Å². The second-order valence-electron chi connectivity index (χ2n) is 11.6. The number of rotatable bonds is 18. The predicted octanol–water partition coefficient (Wildman–Crippen LogP) is 2.56. The number of benzene rings is 1. The van der Waals surface area contributed by atoms with Crippen LogP contribution in [0.5, 0.6) is 0 Å². The standard InChI is InChI=1S/C34H43N9O5/c1-36-8-11-46-13-15-48-17-16-47-14-12-45-10-6-29(44)42-9-5-25-18-24(2-3-27(25)22-42)21-43-34-30(32(35)39-23-40-34)31(41-43)28-19-26-4-7-37-33(26)38-20-28/h2-4,7,18-20,23,36H,5-6,8-17,21-22H2,1H3,(H,37,38)(H2,35,39,40). The van der Waals surface area contributed by atoms with Gasteiger partial charge in [0.1, 0.15) is 23.5 Å². The van der Waals surface area contributed by atoms with Gasteiger partial charge in [-0.3, -0.25) is 4.79 Å². The molecule has 0 aliphatic carbocycles. The molecule has 0 atom stereocenters. The summed E-state index contributed by atoms with van der Waals surface area (Å²) < 4.78 is 23.9. The first-order valence-corrected chi connectivity index (χ1v) is 16.3. The van der Waals surface area contributed by atoms with Gasteiger partial charge in [-0.2, -0.15) is 5.10 Å². The van der Waals surface area contributed by atoms with Gasteiger partial charge in [0.2, 0.25) is 5.91 Å². The Hall–Kier alpha value is -4.47. The van der Waals surface area contributed by atoms with Crippen molar-refractivity contribution < 1.29 is 23.7 Å². The second-order valence-corrected chi connectivity index (χ2v) is 11.6. The van der Waals surface area contributed by atoms with Gasteiger partial charge in [-0.1, -0.05) is 18.2 Å². The van der Waals surface area contributed by atoms with Crippen molar-refractivity contribution in [3.63, 3.8) is 0 Å². The number of amides is 1. The number of nitrogen functional groups attached to an aromatic ring is 1. The number of aromatic amines is 1. The van der Waals surface area contributed by atoms with Crippen LogP contribution in [0, 0.1) is 0 Å². The topological polar surface area (TPSA) is 168 Å². The Morgan fingerprint density at radius 2 is 1.71 bits per heavy atom. The molecule has 0 spiro atoms. The molecule has 0 radical (unpaired) electrons. The molecule has 0 saturated heterocycles. The van der Waals surface area contributed by atoms with Crippen LogP contribution in [0.1, 0.15) is 23.1 Å². The van der Waals surface area contributed by atoms with E-state index in [0.717, 1.165) is 40.7 Å². The van der Waals surface area contributed by atoms with E-state index in [1.54, 1.807) is 6.20 Å². The minimum atomic E-state index is 0.0936. The van der Waals surface area contributed by atoms with Crippen LogP contribution in [0.3, 0.4) is 0 Å². The fourth-order valence-corrected chi connectivity index (χ4v) is 5.76. The van der Waals surface area contributed by atoms with E-state index >= 15 is 0 Å². The van der Waals surface area contributed by atoms with Gasteiger partial charge < -0.3 is 39.9 Å². The fraction of sp³-hybridized carbons (Fsp3) is 0.441. The number of H-pyrrole nitrogens is 1. The number of anilines is 1. The van der Waals surface area contributed by atoms with Crippen molar-refractivity contribution in [3.8, 4) is 11.3 Å². The van der Waals surface area contributed by atoms with Crippen LogP contribution in [-0.4, -0.2) is 114 Å². The van der Waals surface area contributed by atoms with Crippen molar-refractivity contribution in [2.45, 2.75) is 25.9 Å². The maximum Gasteiger partial charge on any atom is 0.225 e. The van der Waals surface area contributed by atoms with Crippen molar-refractivity contribution in [3.05, 3.63) is 65.7 Å². The average Bonchev–Trinajstić information content (AvgIpc) is 3.73. The Bertz CT molecular complexity index is 1810. The fourth-order valence-electron chi connectivity index (χ4n) is 5.76. The highest BCUT2D eigenvalue weighted by Gasteiger charge is 2.22. The molecule has 14 nitrogen and oxygen atoms in total. The molecule has 5 heterocycles. The normalized spacial score (nSPS) is 13.1. The van der Waals surface area contributed by atoms with Crippen LogP contribution in [0.4, 0.5) is 5.82 Å². The highest BCUT2D eigenvalue weighted by Crippen LogP contribution is 2.31. The summed E-state index contributed by atoms with van der Waals surface area (Å²) in [6.07, 6.45) is 6.24. The lowest BCUT2D eigenvalue weighted by Crippen LogP contribution is -2.36. The summed E-state index contributed by atoms with van der Waals surface area (Å²) in [6, 6.07) is 10.4. The number of pyridine rings is 1. The first-order valence-electron chi connectivity index (χ1n) is 16.3. The van der Waals surface area contributed by atoms with Crippen molar-refractivity contribution >= 4 is 33.8 Å².